The summed E-state index contributed by atoms with van der Waals surface area (Å²) in [4.78, 5) is 28.9. The molecule has 0 unspecified atom stereocenters. The standard InChI is InChI=1S/C31H38N2O2S/c1-3-4-19-32-31(35)29(22-26-13-7-5-8-14-26)33(23-28-17-11-12-25(2)21-28)30(34)18-20-36-24-27-15-9-6-10-16-27/h5-17,21,29H,3-4,18-20,22-24H2,1-2H3,(H,32,35)/t29-/m0/s1. The number of aryl methyl sites for hydroxylation is 1. The van der Waals surface area contributed by atoms with E-state index in [-0.39, 0.29) is 11.8 Å². The second-order valence-corrected chi connectivity index (χ2v) is 10.3. The Morgan fingerprint density at radius 1 is 0.889 bits per heavy atom. The van der Waals surface area contributed by atoms with Gasteiger partial charge >= 0.3 is 0 Å². The molecule has 0 heterocycles. The molecule has 0 aliphatic carbocycles. The summed E-state index contributed by atoms with van der Waals surface area (Å²) in [7, 11) is 0. The summed E-state index contributed by atoms with van der Waals surface area (Å²) in [5.41, 5.74) is 4.49. The third-order valence-corrected chi connectivity index (χ3v) is 7.14. The van der Waals surface area contributed by atoms with Crippen LogP contribution in [0.15, 0.2) is 84.9 Å². The number of benzene rings is 3. The molecular weight excluding hydrogens is 464 g/mol. The van der Waals surface area contributed by atoms with E-state index in [1.165, 1.54) is 5.56 Å². The lowest BCUT2D eigenvalue weighted by atomic mass is 10.0. The second-order valence-electron chi connectivity index (χ2n) is 9.15. The van der Waals surface area contributed by atoms with Crippen molar-refractivity contribution in [2.45, 2.75) is 57.9 Å². The molecule has 0 aliphatic heterocycles. The van der Waals surface area contributed by atoms with Gasteiger partial charge in [0.1, 0.15) is 6.04 Å². The molecule has 36 heavy (non-hydrogen) atoms. The average molecular weight is 503 g/mol. The van der Waals surface area contributed by atoms with Gasteiger partial charge in [-0.2, -0.15) is 11.8 Å². The van der Waals surface area contributed by atoms with Gasteiger partial charge in [0.2, 0.25) is 11.8 Å². The van der Waals surface area contributed by atoms with Crippen molar-refractivity contribution in [1.29, 1.82) is 0 Å². The summed E-state index contributed by atoms with van der Waals surface area (Å²) in [6.45, 7) is 5.20. The van der Waals surface area contributed by atoms with E-state index in [2.05, 4.69) is 43.4 Å². The first-order chi connectivity index (χ1) is 17.6. The Kier molecular flexibility index (Phi) is 11.6. The molecule has 1 atom stereocenters. The summed E-state index contributed by atoms with van der Waals surface area (Å²) in [5, 5.41) is 3.09. The number of rotatable bonds is 14. The minimum Gasteiger partial charge on any atom is -0.354 e. The maximum Gasteiger partial charge on any atom is 0.243 e. The van der Waals surface area contributed by atoms with Crippen molar-refractivity contribution in [3.63, 3.8) is 0 Å². The van der Waals surface area contributed by atoms with Crippen LogP contribution in [0.2, 0.25) is 0 Å². The maximum atomic E-state index is 13.6. The van der Waals surface area contributed by atoms with Crippen molar-refractivity contribution in [3.8, 4) is 0 Å². The van der Waals surface area contributed by atoms with Gasteiger partial charge in [-0.1, -0.05) is 104 Å². The predicted octanol–water partition coefficient (Wildman–Crippen LogP) is 6.17. The first kappa shape index (κ1) is 27.5. The number of carbonyl (C=O) groups is 2. The topological polar surface area (TPSA) is 49.4 Å². The summed E-state index contributed by atoms with van der Waals surface area (Å²) in [6, 6.07) is 27.9. The monoisotopic (exact) mass is 502 g/mol. The highest BCUT2D eigenvalue weighted by Gasteiger charge is 2.30. The third-order valence-electron chi connectivity index (χ3n) is 6.11. The van der Waals surface area contributed by atoms with Crippen LogP contribution in [0.5, 0.6) is 0 Å². The van der Waals surface area contributed by atoms with Crippen LogP contribution in [0.3, 0.4) is 0 Å². The van der Waals surface area contributed by atoms with Crippen LogP contribution in [0.25, 0.3) is 0 Å². The molecule has 190 valence electrons. The molecule has 0 saturated carbocycles. The van der Waals surface area contributed by atoms with Crippen LogP contribution < -0.4 is 5.32 Å². The number of nitrogens with zero attached hydrogens (tertiary/aromatic N) is 1. The highest BCUT2D eigenvalue weighted by molar-refractivity contribution is 7.98. The molecule has 4 nitrogen and oxygen atoms in total. The summed E-state index contributed by atoms with van der Waals surface area (Å²) >= 11 is 1.75. The second kappa shape index (κ2) is 15.1. The maximum absolute atomic E-state index is 13.6. The minimum absolute atomic E-state index is 0.0173. The van der Waals surface area contributed by atoms with Gasteiger partial charge in [-0.25, -0.2) is 0 Å². The molecule has 0 spiro atoms. The number of unbranched alkanes of at least 4 members (excludes halogenated alkanes) is 1. The van der Waals surface area contributed by atoms with Crippen molar-refractivity contribution in [2.24, 2.45) is 0 Å². The van der Waals surface area contributed by atoms with E-state index < -0.39 is 6.04 Å². The van der Waals surface area contributed by atoms with Gasteiger partial charge in [0, 0.05) is 37.4 Å². The first-order valence-electron chi connectivity index (χ1n) is 12.8. The molecule has 0 radical (unpaired) electrons. The van der Waals surface area contributed by atoms with E-state index in [4.69, 9.17) is 0 Å². The van der Waals surface area contributed by atoms with Gasteiger partial charge in [0.25, 0.3) is 0 Å². The largest absolute Gasteiger partial charge is 0.354 e. The van der Waals surface area contributed by atoms with E-state index in [1.807, 2.05) is 60.7 Å². The number of nitrogens with one attached hydrogen (secondary N) is 1. The molecule has 3 aromatic carbocycles. The summed E-state index contributed by atoms with van der Waals surface area (Å²) < 4.78 is 0. The summed E-state index contributed by atoms with van der Waals surface area (Å²) in [6.07, 6.45) is 2.82. The number of hydrogen-bond donors (Lipinski definition) is 1. The fourth-order valence-corrected chi connectivity index (χ4v) is 5.03. The molecule has 0 fully saturated rings. The highest BCUT2D eigenvalue weighted by Crippen LogP contribution is 2.19. The first-order valence-corrected chi connectivity index (χ1v) is 14.0. The van der Waals surface area contributed by atoms with E-state index in [1.54, 1.807) is 16.7 Å². The van der Waals surface area contributed by atoms with Crippen LogP contribution in [0.1, 0.15) is 48.4 Å². The Bertz CT molecular complexity index is 1070. The molecule has 5 heteroatoms. The van der Waals surface area contributed by atoms with E-state index in [0.717, 1.165) is 35.3 Å². The molecule has 3 aromatic rings. The number of hydrogen-bond acceptors (Lipinski definition) is 3. The zero-order chi connectivity index (χ0) is 25.6. The number of thioether (sulfide) groups is 1. The molecular formula is C31H38N2O2S. The van der Waals surface area contributed by atoms with E-state index in [9.17, 15) is 9.59 Å². The lowest BCUT2D eigenvalue weighted by Crippen LogP contribution is -2.50. The lowest BCUT2D eigenvalue weighted by Gasteiger charge is -2.32. The fourth-order valence-electron chi connectivity index (χ4n) is 4.13. The SMILES string of the molecule is CCCCNC(=O)[C@H](Cc1ccccc1)N(Cc1cccc(C)c1)C(=O)CCSCc1ccccc1. The summed E-state index contributed by atoms with van der Waals surface area (Å²) in [5.74, 6) is 1.53. The van der Waals surface area contributed by atoms with Crippen molar-refractivity contribution >= 4 is 23.6 Å². The molecule has 0 aliphatic rings. The number of carbonyl (C=O) groups excluding carboxylic acids is 2. The van der Waals surface area contributed by atoms with Crippen molar-refractivity contribution in [1.82, 2.24) is 10.2 Å². The van der Waals surface area contributed by atoms with Gasteiger partial charge in [-0.3, -0.25) is 9.59 Å². The van der Waals surface area contributed by atoms with E-state index >= 15 is 0 Å². The van der Waals surface area contributed by atoms with Crippen LogP contribution >= 0.6 is 11.8 Å². The van der Waals surface area contributed by atoms with E-state index in [0.29, 0.717) is 31.7 Å². The van der Waals surface area contributed by atoms with Crippen molar-refractivity contribution < 1.29 is 9.59 Å². The van der Waals surface area contributed by atoms with Crippen molar-refractivity contribution in [3.05, 3.63) is 107 Å². The average Bonchev–Trinajstić information content (AvgIpc) is 2.90. The Labute approximate surface area is 220 Å². The highest BCUT2D eigenvalue weighted by atomic mass is 32.2. The van der Waals surface area contributed by atoms with Crippen LogP contribution in [0.4, 0.5) is 0 Å². The van der Waals surface area contributed by atoms with Gasteiger partial charge in [0.05, 0.1) is 0 Å². The molecule has 0 saturated heterocycles. The minimum atomic E-state index is -0.559. The zero-order valence-corrected chi connectivity index (χ0v) is 22.3. The fraction of sp³-hybridized carbons (Fsp3) is 0.355. The Hall–Kier alpha value is -3.05. The molecule has 2 amide bonds. The van der Waals surface area contributed by atoms with Gasteiger partial charge in [-0.05, 0) is 30.0 Å². The molecule has 0 aromatic heterocycles. The normalized spacial score (nSPS) is 11.6. The Balaban J connectivity index is 1.78. The Morgan fingerprint density at radius 3 is 2.22 bits per heavy atom. The van der Waals surface area contributed by atoms with Gasteiger partial charge in [0.15, 0.2) is 0 Å². The third kappa shape index (κ3) is 9.19. The van der Waals surface area contributed by atoms with Crippen LogP contribution in [-0.4, -0.2) is 35.1 Å². The van der Waals surface area contributed by atoms with Crippen molar-refractivity contribution in [2.75, 3.05) is 12.3 Å². The molecule has 3 rings (SSSR count). The van der Waals surface area contributed by atoms with Gasteiger partial charge < -0.3 is 10.2 Å². The lowest BCUT2D eigenvalue weighted by molar-refractivity contribution is -0.141. The smallest absolute Gasteiger partial charge is 0.243 e. The zero-order valence-electron chi connectivity index (χ0n) is 21.5. The van der Waals surface area contributed by atoms with Gasteiger partial charge in [-0.15, -0.1) is 0 Å². The van der Waals surface area contributed by atoms with Crippen LogP contribution in [0, 0.1) is 6.92 Å². The molecule has 0 bridgehead atoms. The Morgan fingerprint density at radius 2 is 1.56 bits per heavy atom. The predicted molar refractivity (Wildman–Crippen MR) is 151 cm³/mol. The molecule has 1 N–H and O–H groups in total. The van der Waals surface area contributed by atoms with Crippen LogP contribution in [-0.2, 0) is 28.3 Å². The quantitative estimate of drug-likeness (QED) is 0.268. The number of amides is 2.